The van der Waals surface area contributed by atoms with E-state index in [2.05, 4.69) is 145 Å². The number of para-hydroxylation sites is 3. The minimum Gasteiger partial charge on any atom is -0.345 e. The number of hydrogen-bond acceptors (Lipinski definition) is 7. The van der Waals surface area contributed by atoms with Crippen molar-refractivity contribution in [1.82, 2.24) is 15.0 Å². The summed E-state index contributed by atoms with van der Waals surface area (Å²) < 4.78 is 0. The van der Waals surface area contributed by atoms with Crippen molar-refractivity contribution < 1.29 is 0 Å². The van der Waals surface area contributed by atoms with Gasteiger partial charge in [-0.05, 0) is 99.4 Å². The van der Waals surface area contributed by atoms with Crippen LogP contribution in [0.2, 0.25) is 0 Å². The van der Waals surface area contributed by atoms with Gasteiger partial charge in [0.15, 0.2) is 17.5 Å². The van der Waals surface area contributed by atoms with E-state index in [0.717, 1.165) is 55.2 Å². The van der Waals surface area contributed by atoms with Gasteiger partial charge in [-0.2, -0.15) is 0 Å². The summed E-state index contributed by atoms with van der Waals surface area (Å²) >= 11 is 0. The highest BCUT2D eigenvalue weighted by molar-refractivity contribution is 5.86. The molecule has 3 aromatic carbocycles. The average molecular weight is 662 g/mol. The van der Waals surface area contributed by atoms with E-state index in [9.17, 15) is 0 Å². The standard InChI is InChI=1S/C43H47N7/c1-6-42(5)41-47(29(3)4)36-22-15-23-44-38(36)50(41)35-21-14-12-19-33(35)43(42,7-2)28-30-26-31-16-11-13-20-34(31)49-37(27-30)48(32-17-9-8-10-18-32)39-40(49)46-25-24-45-39/h8-25,29-30,37,41H,6-7,26-28H2,1-5H3. The molecular formula is C43H47N7. The fourth-order valence-corrected chi connectivity index (χ4v) is 10.5. The van der Waals surface area contributed by atoms with Gasteiger partial charge in [-0.25, -0.2) is 15.0 Å². The van der Waals surface area contributed by atoms with Crippen molar-refractivity contribution in [2.24, 2.45) is 11.3 Å². The van der Waals surface area contributed by atoms with Gasteiger partial charge in [-0.3, -0.25) is 0 Å². The third kappa shape index (κ3) is 4.18. The average Bonchev–Trinajstić information content (AvgIpc) is 3.62. The van der Waals surface area contributed by atoms with Crippen LogP contribution in [0.1, 0.15) is 71.4 Å². The Kier molecular flexibility index (Phi) is 7.20. The second-order valence-electron chi connectivity index (χ2n) is 15.2. The van der Waals surface area contributed by atoms with Gasteiger partial charge in [0.2, 0.25) is 0 Å². The quantitative estimate of drug-likeness (QED) is 0.180. The van der Waals surface area contributed by atoms with Gasteiger partial charge in [-0.1, -0.05) is 75.4 Å². The van der Waals surface area contributed by atoms with Crippen LogP contribution in [-0.2, 0) is 11.8 Å². The molecule has 7 nitrogen and oxygen atoms in total. The van der Waals surface area contributed by atoms with E-state index in [0.29, 0.717) is 12.0 Å². The molecule has 50 heavy (non-hydrogen) atoms. The van der Waals surface area contributed by atoms with Gasteiger partial charge >= 0.3 is 0 Å². The summed E-state index contributed by atoms with van der Waals surface area (Å²) in [6.07, 6.45) is 11.1. The Hall–Kier alpha value is -4.91. The Morgan fingerprint density at radius 3 is 2.08 bits per heavy atom. The summed E-state index contributed by atoms with van der Waals surface area (Å²) in [4.78, 5) is 25.2. The third-order valence-electron chi connectivity index (χ3n) is 12.7. The van der Waals surface area contributed by atoms with Crippen LogP contribution in [0.25, 0.3) is 0 Å². The van der Waals surface area contributed by atoms with Crippen LogP contribution in [0.15, 0.2) is 110 Å². The van der Waals surface area contributed by atoms with E-state index in [4.69, 9.17) is 15.0 Å². The number of hydrogen-bond donors (Lipinski definition) is 0. The van der Waals surface area contributed by atoms with Crippen LogP contribution in [0.4, 0.5) is 40.2 Å². The van der Waals surface area contributed by atoms with Crippen molar-refractivity contribution in [3.63, 3.8) is 0 Å². The normalized spacial score (nSPS) is 26.2. The zero-order chi connectivity index (χ0) is 34.2. The second kappa shape index (κ2) is 11.6. The summed E-state index contributed by atoms with van der Waals surface area (Å²) in [7, 11) is 0. The van der Waals surface area contributed by atoms with Crippen molar-refractivity contribution in [2.45, 2.75) is 90.5 Å². The summed E-state index contributed by atoms with van der Waals surface area (Å²) in [5, 5.41) is 0. The SMILES string of the molecule is CCC1(CC2Cc3ccccc3N3c4nccnc4N(c4ccccc4)C3C2)c2ccccc2N2c3ncccc3N(C(C)C)C2C1(C)CC. The summed E-state index contributed by atoms with van der Waals surface area (Å²) in [5.41, 5.74) is 7.68. The number of nitrogens with zero attached hydrogens (tertiary/aromatic N) is 7. The van der Waals surface area contributed by atoms with Crippen LogP contribution in [0, 0.1) is 11.3 Å². The third-order valence-corrected chi connectivity index (χ3v) is 12.7. The Morgan fingerprint density at radius 1 is 0.680 bits per heavy atom. The highest BCUT2D eigenvalue weighted by Crippen LogP contribution is 2.65. The molecule has 5 aromatic rings. The van der Waals surface area contributed by atoms with Gasteiger partial charge in [0.25, 0.3) is 0 Å². The largest absolute Gasteiger partial charge is 0.345 e. The minimum absolute atomic E-state index is 0.0627. The molecule has 0 bridgehead atoms. The molecule has 6 heterocycles. The van der Waals surface area contributed by atoms with E-state index in [1.54, 1.807) is 0 Å². The monoisotopic (exact) mass is 661 g/mol. The smallest absolute Gasteiger partial charge is 0.178 e. The first-order valence-electron chi connectivity index (χ1n) is 18.6. The predicted molar refractivity (Wildman–Crippen MR) is 204 cm³/mol. The van der Waals surface area contributed by atoms with Gasteiger partial charge in [-0.15, -0.1) is 0 Å². The van der Waals surface area contributed by atoms with E-state index >= 15 is 0 Å². The lowest BCUT2D eigenvalue weighted by molar-refractivity contribution is 0.0509. The van der Waals surface area contributed by atoms with Crippen molar-refractivity contribution in [1.29, 1.82) is 0 Å². The van der Waals surface area contributed by atoms with Crippen molar-refractivity contribution in [3.05, 3.63) is 121 Å². The summed E-state index contributed by atoms with van der Waals surface area (Å²) in [6, 6.07) is 33.8. The number of fused-ring (bicyclic) bond motifs is 10. The maximum Gasteiger partial charge on any atom is 0.178 e. The molecule has 0 N–H and O–H groups in total. The van der Waals surface area contributed by atoms with Crippen LogP contribution in [0.3, 0.4) is 0 Å². The van der Waals surface area contributed by atoms with E-state index in [1.165, 1.54) is 28.2 Å². The molecule has 2 aromatic heterocycles. The first-order valence-corrected chi connectivity index (χ1v) is 18.6. The van der Waals surface area contributed by atoms with E-state index in [-0.39, 0.29) is 23.2 Å². The summed E-state index contributed by atoms with van der Waals surface area (Å²) in [6.45, 7) is 12.2. The number of pyridine rings is 1. The fourth-order valence-electron chi connectivity index (χ4n) is 10.5. The van der Waals surface area contributed by atoms with Gasteiger partial charge in [0, 0.05) is 52.5 Å². The number of rotatable bonds is 6. The topological polar surface area (TPSA) is 51.6 Å². The lowest BCUT2D eigenvalue weighted by atomic mass is 9.51. The Labute approximate surface area is 296 Å². The maximum atomic E-state index is 5.06. The van der Waals surface area contributed by atoms with Crippen molar-refractivity contribution >= 4 is 40.2 Å². The van der Waals surface area contributed by atoms with Crippen LogP contribution >= 0.6 is 0 Å². The molecule has 0 saturated heterocycles. The van der Waals surface area contributed by atoms with Gasteiger partial charge in [0.1, 0.15) is 12.3 Å². The first-order chi connectivity index (χ1) is 24.4. The molecule has 0 radical (unpaired) electrons. The fraction of sp³-hybridized carbons (Fsp3) is 0.372. The molecule has 254 valence electrons. The lowest BCUT2D eigenvalue weighted by Gasteiger charge is -2.61. The van der Waals surface area contributed by atoms with Crippen molar-refractivity contribution in [2.75, 3.05) is 19.6 Å². The molecule has 5 unspecified atom stereocenters. The van der Waals surface area contributed by atoms with E-state index < -0.39 is 0 Å². The zero-order valence-electron chi connectivity index (χ0n) is 29.9. The molecular weight excluding hydrogens is 615 g/mol. The zero-order valence-corrected chi connectivity index (χ0v) is 29.9. The molecule has 0 fully saturated rings. The Balaban J connectivity index is 1.22. The molecule has 4 aliphatic rings. The Morgan fingerprint density at radius 2 is 1.34 bits per heavy atom. The van der Waals surface area contributed by atoms with Crippen molar-refractivity contribution in [3.8, 4) is 0 Å². The molecule has 9 rings (SSSR count). The molecule has 7 heteroatoms. The van der Waals surface area contributed by atoms with Crippen LogP contribution in [-0.4, -0.2) is 33.3 Å². The molecule has 0 aliphatic carbocycles. The van der Waals surface area contributed by atoms with E-state index in [1.807, 2.05) is 18.6 Å². The maximum absolute atomic E-state index is 5.06. The van der Waals surface area contributed by atoms with Gasteiger partial charge in [0.05, 0.1) is 5.69 Å². The van der Waals surface area contributed by atoms with Crippen LogP contribution < -0.4 is 19.6 Å². The molecule has 0 amide bonds. The molecule has 0 spiro atoms. The Bertz CT molecular complexity index is 2050. The number of aromatic nitrogens is 3. The number of anilines is 7. The predicted octanol–water partition coefficient (Wildman–Crippen LogP) is 9.91. The molecule has 4 aliphatic heterocycles. The highest BCUT2D eigenvalue weighted by atomic mass is 15.5. The second-order valence-corrected chi connectivity index (χ2v) is 15.2. The first kappa shape index (κ1) is 31.1. The molecule has 5 atom stereocenters. The van der Waals surface area contributed by atoms with Crippen LogP contribution in [0.5, 0.6) is 0 Å². The molecule has 0 saturated carbocycles. The van der Waals surface area contributed by atoms with Gasteiger partial charge < -0.3 is 19.6 Å². The lowest BCUT2D eigenvalue weighted by Crippen LogP contribution is -2.65. The number of benzene rings is 3. The summed E-state index contributed by atoms with van der Waals surface area (Å²) in [5.74, 6) is 3.38. The highest BCUT2D eigenvalue weighted by Gasteiger charge is 2.63. The minimum atomic E-state index is -0.0804.